The third-order valence-corrected chi connectivity index (χ3v) is 9.30. The highest BCUT2D eigenvalue weighted by Crippen LogP contribution is 2.27. The molecule has 0 spiro atoms. The number of nitrogens with one attached hydrogen (secondary N) is 1. The van der Waals surface area contributed by atoms with Gasteiger partial charge in [0.25, 0.3) is 11.8 Å². The molecule has 292 valence electrons. The molecule has 24 heteroatoms. The van der Waals surface area contributed by atoms with Gasteiger partial charge in [-0.15, -0.1) is 10.2 Å². The number of nitrogens with zero attached hydrogens (tertiary/aromatic N) is 8. The topological polar surface area (TPSA) is 211 Å². The van der Waals surface area contributed by atoms with Gasteiger partial charge in [0.15, 0.2) is 5.78 Å². The highest BCUT2D eigenvalue weighted by Gasteiger charge is 2.23. The zero-order valence-corrected chi connectivity index (χ0v) is 29.9. The summed E-state index contributed by atoms with van der Waals surface area (Å²) >= 11 is 0. The Morgan fingerprint density at radius 1 is 0.745 bits per heavy atom. The van der Waals surface area contributed by atoms with E-state index in [1.54, 1.807) is 5.32 Å². The lowest BCUT2D eigenvalue weighted by Gasteiger charge is -2.22. The average Bonchev–Trinajstić information content (AvgIpc) is 3.64. The first kappa shape index (κ1) is 41.7. The van der Waals surface area contributed by atoms with Gasteiger partial charge in [0.2, 0.25) is 25.9 Å². The van der Waals surface area contributed by atoms with Crippen LogP contribution in [0.15, 0.2) is 78.3 Å². The van der Waals surface area contributed by atoms with Crippen molar-refractivity contribution in [2.75, 3.05) is 27.7 Å². The van der Waals surface area contributed by atoms with Gasteiger partial charge in [-0.1, -0.05) is 18.2 Å². The van der Waals surface area contributed by atoms with Gasteiger partial charge < -0.3 is 9.73 Å². The number of Topliss-reactive ketones (excluding diaryl/α,β-unsaturated/α-hetero) is 1. The van der Waals surface area contributed by atoms with Crippen LogP contribution in [0.3, 0.4) is 0 Å². The first-order valence-corrected chi connectivity index (χ1v) is 18.8. The molecule has 16 nitrogen and oxygen atoms in total. The molecule has 0 fully saturated rings. The lowest BCUT2D eigenvalue weighted by atomic mass is 10.1. The van der Waals surface area contributed by atoms with E-state index in [1.165, 1.54) is 61.7 Å². The molecule has 0 bridgehead atoms. The van der Waals surface area contributed by atoms with E-state index in [-0.39, 0.29) is 52.6 Å². The molecule has 3 heterocycles. The van der Waals surface area contributed by atoms with Crippen LogP contribution in [-0.4, -0.2) is 84.1 Å². The van der Waals surface area contributed by atoms with Crippen molar-refractivity contribution in [2.45, 2.75) is 25.9 Å². The molecule has 0 radical (unpaired) electrons. The van der Waals surface area contributed by atoms with Crippen LogP contribution in [0, 0.1) is 11.6 Å². The fraction of sp³-hybridized carbons (Fsp3) is 0.226. The van der Waals surface area contributed by atoms with Crippen LogP contribution < -0.4 is 13.9 Å². The normalized spacial score (nSPS) is 11.5. The Balaban J connectivity index is 0.000000245. The van der Waals surface area contributed by atoms with Crippen molar-refractivity contribution in [3.8, 4) is 11.5 Å². The number of sulfonamides is 2. The van der Waals surface area contributed by atoms with Crippen LogP contribution in [0.1, 0.15) is 33.8 Å². The number of ketones is 1. The maximum absolute atomic E-state index is 14.5. The van der Waals surface area contributed by atoms with E-state index < -0.39 is 68.7 Å². The number of carbonyl (C=O) groups is 2. The molecule has 5 aromatic rings. The second-order valence-electron chi connectivity index (χ2n) is 11.0. The smallest absolute Gasteiger partial charge is 0.315 e. The first-order valence-electron chi connectivity index (χ1n) is 15.1. The summed E-state index contributed by atoms with van der Waals surface area (Å²) in [5.74, 6) is -5.18. The van der Waals surface area contributed by atoms with Gasteiger partial charge in [-0.05, 0) is 18.2 Å². The minimum absolute atomic E-state index is 0.0394. The fourth-order valence-electron chi connectivity index (χ4n) is 4.39. The van der Waals surface area contributed by atoms with Crippen LogP contribution in [0.4, 0.5) is 37.7 Å². The summed E-state index contributed by atoms with van der Waals surface area (Å²) in [4.78, 5) is 37.6. The molecule has 55 heavy (non-hydrogen) atoms. The van der Waals surface area contributed by atoms with Crippen molar-refractivity contribution in [2.24, 2.45) is 0 Å². The van der Waals surface area contributed by atoms with Crippen LogP contribution >= 0.6 is 0 Å². The Bertz CT molecular complexity index is 2340. The Labute approximate surface area is 308 Å². The van der Waals surface area contributed by atoms with Gasteiger partial charge in [0.05, 0.1) is 68.3 Å². The van der Waals surface area contributed by atoms with Crippen LogP contribution in [0.5, 0.6) is 0 Å². The van der Waals surface area contributed by atoms with Crippen molar-refractivity contribution in [1.29, 1.82) is 0 Å². The van der Waals surface area contributed by atoms with Crippen LogP contribution in [-0.2, 0) is 37.9 Å². The Morgan fingerprint density at radius 3 is 1.65 bits per heavy atom. The molecule has 3 aromatic heterocycles. The zero-order valence-electron chi connectivity index (χ0n) is 28.2. The number of benzene rings is 2. The third-order valence-electron chi connectivity index (χ3n) is 7.02. The SMILES string of the molecule is CS(=O)(=O)N(Cc1ccc(-c2nnc(C(F)F)o2)cc1F)c1cncnc1.CS(=O)(=O)N(Cc1ccc(C(=O)CNC(=O)C(F)F)cc1F)c1cncnc1. The summed E-state index contributed by atoms with van der Waals surface area (Å²) in [7, 11) is -7.52. The molecule has 5 rings (SSSR count). The molecule has 0 unspecified atom stereocenters. The van der Waals surface area contributed by atoms with Crippen LogP contribution in [0.25, 0.3) is 11.5 Å². The highest BCUT2D eigenvalue weighted by atomic mass is 32.2. The molecule has 2 aromatic carbocycles. The van der Waals surface area contributed by atoms with E-state index in [0.29, 0.717) is 0 Å². The maximum Gasteiger partial charge on any atom is 0.315 e. The number of carbonyl (C=O) groups excluding carboxylic acids is 2. The van der Waals surface area contributed by atoms with E-state index >= 15 is 0 Å². The summed E-state index contributed by atoms with van der Waals surface area (Å²) < 4.78 is 133. The van der Waals surface area contributed by atoms with E-state index in [0.717, 1.165) is 33.3 Å². The Kier molecular flexibility index (Phi) is 13.5. The highest BCUT2D eigenvalue weighted by molar-refractivity contribution is 7.92. The second-order valence-corrected chi connectivity index (χ2v) is 14.8. The first-order chi connectivity index (χ1) is 25.8. The van der Waals surface area contributed by atoms with Gasteiger partial charge in [-0.3, -0.25) is 18.2 Å². The molecule has 0 aliphatic carbocycles. The van der Waals surface area contributed by atoms with E-state index in [2.05, 4.69) is 30.1 Å². The predicted molar refractivity (Wildman–Crippen MR) is 181 cm³/mol. The molecule has 0 atom stereocenters. The van der Waals surface area contributed by atoms with Crippen molar-refractivity contribution >= 4 is 43.1 Å². The second kappa shape index (κ2) is 17.9. The number of halogens is 6. The molecule has 0 saturated carbocycles. The number of rotatable bonds is 14. The zero-order chi connectivity index (χ0) is 40.5. The fourth-order valence-corrected chi connectivity index (χ4v) is 6.09. The van der Waals surface area contributed by atoms with Gasteiger partial charge >= 0.3 is 12.9 Å². The number of alkyl halides is 4. The average molecular weight is 816 g/mol. The number of aromatic nitrogens is 6. The lowest BCUT2D eigenvalue weighted by molar-refractivity contribution is -0.131. The summed E-state index contributed by atoms with van der Waals surface area (Å²) in [5.41, 5.74) is 0.222. The van der Waals surface area contributed by atoms with Crippen LogP contribution in [0.2, 0.25) is 0 Å². The summed E-state index contributed by atoms with van der Waals surface area (Å²) in [5, 5.41) is 8.34. The molecule has 0 saturated heterocycles. The minimum atomic E-state index is -3.78. The van der Waals surface area contributed by atoms with Gasteiger partial charge in [0, 0.05) is 22.3 Å². The lowest BCUT2D eigenvalue weighted by Crippen LogP contribution is -2.34. The maximum atomic E-state index is 14.5. The third kappa shape index (κ3) is 11.5. The van der Waals surface area contributed by atoms with E-state index in [9.17, 15) is 52.8 Å². The van der Waals surface area contributed by atoms with Crippen molar-refractivity contribution in [1.82, 2.24) is 35.5 Å². The molecule has 0 aliphatic rings. The standard InChI is InChI=1S/C16H15F3N4O4S.C15H12F3N5O3S/c1-28(26,27)23(12-5-20-9-21-6-12)8-11-3-2-10(4-13(11)17)14(24)7-22-16(25)15(18)19;1-27(24,25)23(11-5-19-8-20-6-11)7-10-3-2-9(4-12(10)16)14-21-22-15(26-14)13(17)18/h2-6,9,15H,7-8H2,1H3,(H,22,25);2-6,8,13H,7H2,1H3. The number of amides is 1. The van der Waals surface area contributed by atoms with Gasteiger partial charge in [0.1, 0.15) is 24.3 Å². The van der Waals surface area contributed by atoms with Crippen molar-refractivity contribution in [3.05, 3.63) is 108 Å². The Hall–Kier alpha value is -6.04. The monoisotopic (exact) mass is 815 g/mol. The quantitative estimate of drug-likeness (QED) is 0.125. The predicted octanol–water partition coefficient (Wildman–Crippen LogP) is 3.72. The summed E-state index contributed by atoms with van der Waals surface area (Å²) in [6.45, 7) is -1.42. The Morgan fingerprint density at radius 2 is 1.24 bits per heavy atom. The molecule has 0 aliphatic heterocycles. The molecular weight excluding hydrogens is 789 g/mol. The molecule has 1 N–H and O–H groups in total. The molecular formula is C31H27F6N9O7S2. The summed E-state index contributed by atoms with van der Waals surface area (Å²) in [6, 6.07) is 6.91. The van der Waals surface area contributed by atoms with Crippen molar-refractivity contribution < 1.29 is 57.2 Å². The van der Waals surface area contributed by atoms with Crippen molar-refractivity contribution in [3.63, 3.8) is 0 Å². The number of anilines is 2. The number of hydrogen-bond donors (Lipinski definition) is 1. The van der Waals surface area contributed by atoms with E-state index in [4.69, 9.17) is 4.42 Å². The van der Waals surface area contributed by atoms with Gasteiger partial charge in [-0.25, -0.2) is 45.6 Å². The number of hydrogen-bond acceptors (Lipinski definition) is 13. The summed E-state index contributed by atoms with van der Waals surface area (Å²) in [6.07, 6.45) is 3.19. The van der Waals surface area contributed by atoms with Gasteiger partial charge in [-0.2, -0.15) is 17.6 Å². The largest absolute Gasteiger partial charge is 0.415 e. The van der Waals surface area contributed by atoms with E-state index in [1.807, 2.05) is 0 Å². The minimum Gasteiger partial charge on any atom is -0.415 e. The molecule has 1 amide bonds.